The van der Waals surface area contributed by atoms with Crippen molar-refractivity contribution in [2.75, 3.05) is 31.2 Å². The number of nitrogens with zero attached hydrogens (tertiary/aromatic N) is 3. The molecule has 4 N–H and O–H groups in total. The van der Waals surface area contributed by atoms with Crippen LogP contribution < -0.4 is 10.6 Å². The smallest absolute Gasteiger partial charge is 0.162 e. The fraction of sp³-hybridized carbons (Fsp3) is 0.643. The van der Waals surface area contributed by atoms with Gasteiger partial charge in [-0.2, -0.15) is 5.10 Å². The number of aryl methyl sites for hydroxylation is 1. The summed E-state index contributed by atoms with van der Waals surface area (Å²) in [6.07, 6.45) is 1.28. The predicted octanol–water partition coefficient (Wildman–Crippen LogP) is 0.0830. The van der Waals surface area contributed by atoms with Crippen LogP contribution in [0.1, 0.15) is 30.7 Å². The number of amidine groups is 1. The third-order valence-corrected chi connectivity index (χ3v) is 3.74. The van der Waals surface area contributed by atoms with E-state index in [1.807, 2.05) is 18.7 Å². The molecule has 0 radical (unpaired) electrons. The minimum Gasteiger partial charge on any atom is -0.394 e. The average molecular weight is 293 g/mol. The molecule has 0 bridgehead atoms. The first-order chi connectivity index (χ1) is 10.1. The summed E-state index contributed by atoms with van der Waals surface area (Å²) >= 11 is 0. The van der Waals surface area contributed by atoms with Gasteiger partial charge in [0.1, 0.15) is 5.84 Å². The van der Waals surface area contributed by atoms with Gasteiger partial charge in [0.25, 0.3) is 0 Å². The van der Waals surface area contributed by atoms with Crippen molar-refractivity contribution < 1.29 is 9.84 Å². The molecule has 0 aromatic carbocycles. The highest BCUT2D eigenvalue weighted by molar-refractivity contribution is 6.01. The van der Waals surface area contributed by atoms with E-state index in [9.17, 15) is 5.11 Å². The lowest BCUT2D eigenvalue weighted by atomic mass is 10.0. The molecule has 0 spiro atoms. The van der Waals surface area contributed by atoms with Gasteiger partial charge >= 0.3 is 0 Å². The molecule has 1 aromatic rings. The van der Waals surface area contributed by atoms with Crippen molar-refractivity contribution in [3.05, 3.63) is 16.8 Å². The fourth-order valence-electron chi connectivity index (χ4n) is 2.69. The Labute approximate surface area is 124 Å². The Bertz CT molecular complexity index is 520. The first-order valence-corrected chi connectivity index (χ1v) is 7.32. The summed E-state index contributed by atoms with van der Waals surface area (Å²) in [4.78, 5) is 1.99. The largest absolute Gasteiger partial charge is 0.394 e. The van der Waals surface area contributed by atoms with E-state index in [2.05, 4.69) is 10.2 Å². The summed E-state index contributed by atoms with van der Waals surface area (Å²) in [5.74, 6) is 0.636. The molecule has 1 aromatic heterocycles. The lowest BCUT2D eigenvalue weighted by Crippen LogP contribution is -2.45. The zero-order chi connectivity index (χ0) is 15.4. The molecule has 0 saturated carbocycles. The van der Waals surface area contributed by atoms with Gasteiger partial charge in [0.05, 0.1) is 30.6 Å². The first kappa shape index (κ1) is 15.7. The minimum atomic E-state index is -0.240. The summed E-state index contributed by atoms with van der Waals surface area (Å²) in [6, 6.07) is 0. The van der Waals surface area contributed by atoms with Gasteiger partial charge in [0.2, 0.25) is 0 Å². The topological polar surface area (TPSA) is 108 Å². The van der Waals surface area contributed by atoms with E-state index in [1.165, 1.54) is 0 Å². The van der Waals surface area contributed by atoms with Crippen molar-refractivity contribution in [2.24, 2.45) is 5.73 Å². The van der Waals surface area contributed by atoms with Gasteiger partial charge in [0, 0.05) is 13.1 Å². The van der Waals surface area contributed by atoms with Crippen LogP contribution in [0.3, 0.4) is 0 Å². The van der Waals surface area contributed by atoms with Crippen molar-refractivity contribution in [1.29, 1.82) is 5.41 Å². The number of nitrogen functional groups attached to an aromatic ring is 1. The minimum absolute atomic E-state index is 0.0125. The van der Waals surface area contributed by atoms with Crippen LogP contribution in [0.25, 0.3) is 0 Å². The molecule has 1 unspecified atom stereocenters. The molecule has 2 heterocycles. The second-order valence-electron chi connectivity index (χ2n) is 5.07. The molecule has 1 atom stereocenters. The van der Waals surface area contributed by atoms with Crippen LogP contribution in [0.2, 0.25) is 0 Å². The Kier molecular flexibility index (Phi) is 5.08. The highest BCUT2D eigenvalue weighted by Gasteiger charge is 2.26. The van der Waals surface area contributed by atoms with Crippen LogP contribution in [-0.2, 0) is 17.6 Å². The lowest BCUT2D eigenvalue weighted by molar-refractivity contribution is 0.00330. The second-order valence-corrected chi connectivity index (χ2v) is 5.07. The highest BCUT2D eigenvalue weighted by atomic mass is 16.5. The third-order valence-electron chi connectivity index (χ3n) is 3.74. The number of aliphatic hydroxyl groups is 1. The Morgan fingerprint density at radius 1 is 1.43 bits per heavy atom. The van der Waals surface area contributed by atoms with Crippen LogP contribution in [0.15, 0.2) is 0 Å². The van der Waals surface area contributed by atoms with Gasteiger partial charge in [-0.3, -0.25) is 5.41 Å². The Hall–Kier alpha value is -1.73. The fourth-order valence-corrected chi connectivity index (χ4v) is 2.69. The van der Waals surface area contributed by atoms with Gasteiger partial charge in [-0.15, -0.1) is 5.10 Å². The van der Waals surface area contributed by atoms with Crippen molar-refractivity contribution in [1.82, 2.24) is 10.2 Å². The van der Waals surface area contributed by atoms with E-state index in [0.29, 0.717) is 31.1 Å². The molecular formula is C14H23N5O2. The van der Waals surface area contributed by atoms with E-state index in [0.717, 1.165) is 24.1 Å². The van der Waals surface area contributed by atoms with Gasteiger partial charge in [0.15, 0.2) is 5.82 Å². The lowest BCUT2D eigenvalue weighted by Gasteiger charge is -2.34. The summed E-state index contributed by atoms with van der Waals surface area (Å²) in [7, 11) is 0. The molecule has 1 fully saturated rings. The number of ether oxygens (including phenoxy) is 1. The summed E-state index contributed by atoms with van der Waals surface area (Å²) < 4.78 is 5.46. The molecule has 7 nitrogen and oxygen atoms in total. The van der Waals surface area contributed by atoms with Gasteiger partial charge in [-0.1, -0.05) is 13.8 Å². The molecular weight excluding hydrogens is 270 g/mol. The van der Waals surface area contributed by atoms with Crippen molar-refractivity contribution in [2.45, 2.75) is 32.8 Å². The molecule has 0 amide bonds. The van der Waals surface area contributed by atoms with E-state index >= 15 is 0 Å². The zero-order valence-corrected chi connectivity index (χ0v) is 12.6. The van der Waals surface area contributed by atoms with Crippen molar-refractivity contribution in [3.8, 4) is 0 Å². The molecule has 1 saturated heterocycles. The number of rotatable bonds is 5. The second kappa shape index (κ2) is 6.82. The summed E-state index contributed by atoms with van der Waals surface area (Å²) in [5.41, 5.74) is 8.34. The molecule has 1 aliphatic rings. The maximum atomic E-state index is 9.26. The number of morpholine rings is 1. The van der Waals surface area contributed by atoms with E-state index < -0.39 is 0 Å². The first-order valence-electron chi connectivity index (χ1n) is 7.32. The van der Waals surface area contributed by atoms with Crippen molar-refractivity contribution >= 4 is 11.7 Å². The highest BCUT2D eigenvalue weighted by Crippen LogP contribution is 2.25. The quantitative estimate of drug-likeness (QED) is 0.524. The monoisotopic (exact) mass is 293 g/mol. The number of hydrogen-bond acceptors (Lipinski definition) is 6. The predicted molar refractivity (Wildman–Crippen MR) is 80.8 cm³/mol. The zero-order valence-electron chi connectivity index (χ0n) is 12.6. The number of nitrogens with two attached hydrogens (primary N) is 1. The Balaban J connectivity index is 2.45. The maximum absolute atomic E-state index is 9.26. The molecule has 0 aliphatic carbocycles. The van der Waals surface area contributed by atoms with Crippen LogP contribution in [0, 0.1) is 5.41 Å². The average Bonchev–Trinajstić information content (AvgIpc) is 2.53. The summed E-state index contributed by atoms with van der Waals surface area (Å²) in [6.45, 7) is 5.71. The van der Waals surface area contributed by atoms with Gasteiger partial charge in [-0.25, -0.2) is 0 Å². The number of anilines is 1. The molecule has 7 heteroatoms. The number of hydrogen-bond donors (Lipinski definition) is 3. The third kappa shape index (κ3) is 3.14. The van der Waals surface area contributed by atoms with Crippen LogP contribution in [0.5, 0.6) is 0 Å². The SMILES string of the molecule is CCc1nnc(N2CCOC(CO)C2)c(C(=N)N)c1CC. The van der Waals surface area contributed by atoms with Crippen molar-refractivity contribution in [3.63, 3.8) is 0 Å². The van der Waals surface area contributed by atoms with E-state index in [1.54, 1.807) is 0 Å². The summed E-state index contributed by atoms with van der Waals surface area (Å²) in [5, 5.41) is 25.8. The molecule has 21 heavy (non-hydrogen) atoms. The Morgan fingerprint density at radius 2 is 2.19 bits per heavy atom. The number of nitrogens with one attached hydrogen (secondary N) is 1. The van der Waals surface area contributed by atoms with Crippen LogP contribution in [-0.4, -0.2) is 53.5 Å². The van der Waals surface area contributed by atoms with Crippen LogP contribution >= 0.6 is 0 Å². The molecule has 1 aliphatic heterocycles. The molecule has 116 valence electrons. The number of aliphatic hydroxyl groups excluding tert-OH is 1. The van der Waals surface area contributed by atoms with Gasteiger partial charge in [-0.05, 0) is 18.4 Å². The standard InChI is InChI=1S/C14H23N5O2/c1-3-10-11(4-2)17-18-14(12(10)13(15)16)19-5-6-21-9(7-19)8-20/h9,20H,3-8H2,1-2H3,(H3,15,16). The van der Waals surface area contributed by atoms with E-state index in [-0.39, 0.29) is 18.5 Å². The normalized spacial score (nSPS) is 18.8. The maximum Gasteiger partial charge on any atom is 0.162 e. The number of aromatic nitrogens is 2. The van der Waals surface area contributed by atoms with E-state index in [4.69, 9.17) is 15.9 Å². The van der Waals surface area contributed by atoms with Crippen LogP contribution in [0.4, 0.5) is 5.82 Å². The Morgan fingerprint density at radius 3 is 2.76 bits per heavy atom. The van der Waals surface area contributed by atoms with Gasteiger partial charge < -0.3 is 20.5 Å². The molecule has 2 rings (SSSR count).